The van der Waals surface area contributed by atoms with Gasteiger partial charge in [0.05, 0.1) is 12.8 Å². The zero-order valence-corrected chi connectivity index (χ0v) is 18.2. The van der Waals surface area contributed by atoms with Crippen molar-refractivity contribution >= 4 is 28.8 Å². The maximum absolute atomic E-state index is 11.9. The molecule has 0 saturated carbocycles. The topological polar surface area (TPSA) is 70.6 Å². The lowest BCUT2D eigenvalue weighted by Crippen LogP contribution is -2.34. The third-order valence-corrected chi connectivity index (χ3v) is 5.17. The van der Waals surface area contributed by atoms with Gasteiger partial charge in [-0.15, -0.1) is 0 Å². The maximum atomic E-state index is 11.9. The second kappa shape index (κ2) is 14.3. The first-order chi connectivity index (χ1) is 14.7. The Balaban J connectivity index is 1.56. The third-order valence-electron chi connectivity index (χ3n) is 5.17. The molecule has 0 aromatic heterocycles. The maximum Gasteiger partial charge on any atom is 0.259 e. The summed E-state index contributed by atoms with van der Waals surface area (Å²) in [4.78, 5) is 23.8. The SMILES string of the molecule is CCCCCCCCCCCC(=O)NCC(=O)N/N=C/c1cccc2ccccc12. The Kier molecular flexibility index (Phi) is 11.3. The number of amides is 2. The number of hydrogen-bond donors (Lipinski definition) is 2. The van der Waals surface area contributed by atoms with Crippen molar-refractivity contribution in [2.24, 2.45) is 5.10 Å². The van der Waals surface area contributed by atoms with Crippen LogP contribution in [0.2, 0.25) is 0 Å². The van der Waals surface area contributed by atoms with Gasteiger partial charge in [0, 0.05) is 12.0 Å². The Labute approximate surface area is 180 Å². The number of hydrogen-bond acceptors (Lipinski definition) is 3. The summed E-state index contributed by atoms with van der Waals surface area (Å²) < 4.78 is 0. The van der Waals surface area contributed by atoms with Gasteiger partial charge in [-0.1, -0.05) is 101 Å². The molecule has 0 aliphatic rings. The van der Waals surface area contributed by atoms with Gasteiger partial charge >= 0.3 is 0 Å². The van der Waals surface area contributed by atoms with Crippen molar-refractivity contribution in [3.63, 3.8) is 0 Å². The fourth-order valence-corrected chi connectivity index (χ4v) is 3.44. The van der Waals surface area contributed by atoms with Gasteiger partial charge in [-0.2, -0.15) is 5.10 Å². The largest absolute Gasteiger partial charge is 0.347 e. The first-order valence-corrected chi connectivity index (χ1v) is 11.3. The summed E-state index contributed by atoms with van der Waals surface area (Å²) in [6.07, 6.45) is 13.1. The molecule has 0 unspecified atom stereocenters. The average molecular weight is 410 g/mol. The van der Waals surface area contributed by atoms with E-state index < -0.39 is 0 Å². The highest BCUT2D eigenvalue weighted by Gasteiger charge is 2.05. The fraction of sp³-hybridized carbons (Fsp3) is 0.480. The molecule has 5 heteroatoms. The predicted molar refractivity (Wildman–Crippen MR) is 125 cm³/mol. The quantitative estimate of drug-likeness (QED) is 0.252. The van der Waals surface area contributed by atoms with E-state index in [1.54, 1.807) is 6.21 Å². The summed E-state index contributed by atoms with van der Waals surface area (Å²) in [7, 11) is 0. The zero-order valence-electron chi connectivity index (χ0n) is 18.2. The van der Waals surface area contributed by atoms with Crippen LogP contribution in [-0.2, 0) is 9.59 Å². The molecule has 2 aromatic carbocycles. The molecule has 0 aliphatic heterocycles. The molecule has 0 fully saturated rings. The van der Waals surface area contributed by atoms with Crippen LogP contribution in [0.15, 0.2) is 47.6 Å². The van der Waals surface area contributed by atoms with E-state index in [1.165, 1.54) is 44.9 Å². The molecule has 162 valence electrons. The molecule has 0 radical (unpaired) electrons. The Hall–Kier alpha value is -2.69. The van der Waals surface area contributed by atoms with Gasteiger partial charge in [-0.05, 0) is 17.2 Å². The summed E-state index contributed by atoms with van der Waals surface area (Å²) in [6.45, 7) is 2.18. The number of rotatable bonds is 14. The van der Waals surface area contributed by atoms with E-state index >= 15 is 0 Å². The van der Waals surface area contributed by atoms with Crippen molar-refractivity contribution in [1.29, 1.82) is 0 Å². The van der Waals surface area contributed by atoms with Gasteiger partial charge < -0.3 is 5.32 Å². The molecule has 0 aliphatic carbocycles. The number of benzene rings is 2. The van der Waals surface area contributed by atoms with Gasteiger partial charge in [0.2, 0.25) is 5.91 Å². The molecule has 5 nitrogen and oxygen atoms in total. The molecule has 2 aromatic rings. The highest BCUT2D eigenvalue weighted by Crippen LogP contribution is 2.16. The average Bonchev–Trinajstić information content (AvgIpc) is 2.77. The summed E-state index contributed by atoms with van der Waals surface area (Å²) in [5, 5.41) is 8.88. The van der Waals surface area contributed by atoms with E-state index in [9.17, 15) is 9.59 Å². The first kappa shape index (κ1) is 23.6. The van der Waals surface area contributed by atoms with Crippen LogP contribution in [-0.4, -0.2) is 24.6 Å². The van der Waals surface area contributed by atoms with Crippen LogP contribution in [0.3, 0.4) is 0 Å². The lowest BCUT2D eigenvalue weighted by Gasteiger charge is -2.05. The molecular weight excluding hydrogens is 374 g/mol. The molecule has 2 N–H and O–H groups in total. The number of nitrogens with one attached hydrogen (secondary N) is 2. The standard InChI is InChI=1S/C25H35N3O2/c1-2-3-4-5-6-7-8-9-10-18-24(29)26-20-25(30)28-27-19-22-16-13-15-21-14-11-12-17-23(21)22/h11-17,19H,2-10,18,20H2,1H3,(H,26,29)(H,28,30)/b27-19+. The molecule has 0 saturated heterocycles. The fourth-order valence-electron chi connectivity index (χ4n) is 3.44. The van der Waals surface area contributed by atoms with Crippen molar-refractivity contribution in [3.8, 4) is 0 Å². The highest BCUT2D eigenvalue weighted by atomic mass is 16.2. The van der Waals surface area contributed by atoms with Gasteiger partial charge in [-0.3, -0.25) is 9.59 Å². The molecule has 0 bridgehead atoms. The van der Waals surface area contributed by atoms with Gasteiger partial charge in [0.15, 0.2) is 0 Å². The van der Waals surface area contributed by atoms with E-state index in [0.29, 0.717) is 6.42 Å². The van der Waals surface area contributed by atoms with Crippen molar-refractivity contribution < 1.29 is 9.59 Å². The molecule has 2 rings (SSSR count). The van der Waals surface area contributed by atoms with Crippen LogP contribution >= 0.6 is 0 Å². The number of hydrazone groups is 1. The lowest BCUT2D eigenvalue weighted by atomic mass is 10.1. The Morgan fingerprint density at radius 1 is 0.833 bits per heavy atom. The minimum atomic E-state index is -0.327. The third kappa shape index (κ3) is 9.21. The van der Waals surface area contributed by atoms with E-state index in [2.05, 4.69) is 22.8 Å². The summed E-state index contributed by atoms with van der Waals surface area (Å²) in [5.41, 5.74) is 3.41. The number of nitrogens with zero attached hydrogens (tertiary/aromatic N) is 1. The molecule has 30 heavy (non-hydrogen) atoms. The second-order valence-electron chi connectivity index (χ2n) is 7.72. The zero-order chi connectivity index (χ0) is 21.4. The molecule has 0 atom stereocenters. The first-order valence-electron chi connectivity index (χ1n) is 11.3. The summed E-state index contributed by atoms with van der Waals surface area (Å²) in [6, 6.07) is 14.0. The van der Waals surface area contributed by atoms with Crippen LogP contribution in [0.5, 0.6) is 0 Å². The van der Waals surface area contributed by atoms with E-state index in [-0.39, 0.29) is 18.4 Å². The monoisotopic (exact) mass is 409 g/mol. The van der Waals surface area contributed by atoms with Crippen molar-refractivity contribution in [3.05, 3.63) is 48.0 Å². The molecule has 0 spiro atoms. The number of carbonyl (C=O) groups is 2. The lowest BCUT2D eigenvalue weighted by molar-refractivity contribution is -0.126. The number of carbonyl (C=O) groups excluding carboxylic acids is 2. The number of fused-ring (bicyclic) bond motifs is 1. The van der Waals surface area contributed by atoms with Crippen molar-refractivity contribution in [2.45, 2.75) is 71.1 Å². The normalized spacial score (nSPS) is 11.1. The molecule has 2 amide bonds. The Morgan fingerprint density at radius 2 is 1.50 bits per heavy atom. The smallest absolute Gasteiger partial charge is 0.259 e. The van der Waals surface area contributed by atoms with Crippen molar-refractivity contribution in [2.75, 3.05) is 6.54 Å². The minimum absolute atomic E-state index is 0.0524. The van der Waals surface area contributed by atoms with Crippen LogP contribution in [0.4, 0.5) is 0 Å². The van der Waals surface area contributed by atoms with Crippen LogP contribution in [0, 0.1) is 0 Å². The van der Waals surface area contributed by atoms with Crippen LogP contribution in [0.1, 0.15) is 76.7 Å². The summed E-state index contributed by atoms with van der Waals surface area (Å²) in [5.74, 6) is -0.405. The van der Waals surface area contributed by atoms with Gasteiger partial charge in [0.25, 0.3) is 5.91 Å². The van der Waals surface area contributed by atoms with Gasteiger partial charge in [0.1, 0.15) is 0 Å². The minimum Gasteiger partial charge on any atom is -0.347 e. The number of unbranched alkanes of at least 4 members (excludes halogenated alkanes) is 8. The van der Waals surface area contributed by atoms with Crippen LogP contribution in [0.25, 0.3) is 10.8 Å². The van der Waals surface area contributed by atoms with E-state index in [0.717, 1.165) is 29.2 Å². The van der Waals surface area contributed by atoms with Gasteiger partial charge in [-0.25, -0.2) is 5.43 Å². The molecule has 0 heterocycles. The Bertz CT molecular complexity index is 812. The van der Waals surface area contributed by atoms with E-state index in [4.69, 9.17) is 0 Å². The van der Waals surface area contributed by atoms with E-state index in [1.807, 2.05) is 42.5 Å². The summed E-state index contributed by atoms with van der Waals surface area (Å²) >= 11 is 0. The molecular formula is C25H35N3O2. The van der Waals surface area contributed by atoms with Crippen molar-refractivity contribution in [1.82, 2.24) is 10.7 Å². The highest BCUT2D eigenvalue weighted by molar-refractivity contribution is 6.00. The predicted octanol–water partition coefficient (Wildman–Crippen LogP) is 5.33. The Morgan fingerprint density at radius 3 is 2.27 bits per heavy atom. The van der Waals surface area contributed by atoms with Crippen LogP contribution < -0.4 is 10.7 Å². The second-order valence-corrected chi connectivity index (χ2v) is 7.72.